The molecule has 2 aromatic carbocycles. The molecule has 2 aromatic rings. The summed E-state index contributed by atoms with van der Waals surface area (Å²) < 4.78 is 0. The third-order valence-corrected chi connectivity index (χ3v) is 3.45. The number of benzene rings is 2. The minimum Gasteiger partial charge on any atom is -0.318 e. The Morgan fingerprint density at radius 1 is 0.690 bits per heavy atom. The molecule has 0 aliphatic carbocycles. The Kier molecular flexibility index (Phi) is 7.30. The van der Waals surface area contributed by atoms with Gasteiger partial charge in [-0.2, -0.15) is 0 Å². The van der Waals surface area contributed by atoms with E-state index in [1.807, 2.05) is 30.3 Å². The topological polar surface area (TPSA) is 116 Å². The summed E-state index contributed by atoms with van der Waals surface area (Å²) in [4.78, 5) is 48.0. The van der Waals surface area contributed by atoms with Crippen molar-refractivity contribution in [3.63, 3.8) is 0 Å². The lowest BCUT2D eigenvalue weighted by molar-refractivity contribution is -0.142. The molecule has 0 aliphatic heterocycles. The van der Waals surface area contributed by atoms with Crippen LogP contribution in [-0.2, 0) is 28.9 Å². The zero-order chi connectivity index (χ0) is 21.4. The molecule has 0 bridgehead atoms. The molecule has 0 atom stereocenters. The molecule has 0 unspecified atom stereocenters. The highest BCUT2D eigenvalue weighted by molar-refractivity contribution is 6.71. The van der Waals surface area contributed by atoms with E-state index < -0.39 is 17.9 Å². The Bertz CT molecular complexity index is 1030. The lowest BCUT2D eigenvalue weighted by Gasteiger charge is -2.11. The third-order valence-electron chi connectivity index (χ3n) is 3.45. The third kappa shape index (κ3) is 6.06. The van der Waals surface area contributed by atoms with Crippen LogP contribution in [0.4, 0.5) is 0 Å². The average Bonchev–Trinajstić information content (AvgIpc) is 2.68. The van der Waals surface area contributed by atoms with Gasteiger partial charge in [-0.25, -0.2) is 14.4 Å². The second-order valence-electron chi connectivity index (χ2n) is 5.83. The summed E-state index contributed by atoms with van der Waals surface area (Å²) in [5, 5.41) is 13.0. The van der Waals surface area contributed by atoms with E-state index in [1.54, 1.807) is 12.1 Å². The van der Waals surface area contributed by atoms with Crippen molar-refractivity contribution in [3.8, 4) is 0 Å². The van der Waals surface area contributed by atoms with Crippen LogP contribution in [0.3, 0.4) is 0 Å². The molecule has 0 saturated carbocycles. The van der Waals surface area contributed by atoms with E-state index in [0.29, 0.717) is 5.56 Å². The molecule has 0 fully saturated rings. The summed E-state index contributed by atoms with van der Waals surface area (Å²) in [5.41, 5.74) is 0.610. The first kappa shape index (κ1) is 21.4. The molecule has 0 aromatic heterocycles. The number of oxime groups is 3. The van der Waals surface area contributed by atoms with Crippen LogP contribution in [0.2, 0.25) is 0 Å². The second-order valence-corrected chi connectivity index (χ2v) is 5.83. The quantitative estimate of drug-likeness (QED) is 0.420. The number of carbonyl (C=O) groups excluding carboxylic acids is 3. The van der Waals surface area contributed by atoms with Crippen LogP contribution in [0.1, 0.15) is 33.3 Å². The van der Waals surface area contributed by atoms with Gasteiger partial charge in [0, 0.05) is 26.3 Å². The van der Waals surface area contributed by atoms with Crippen LogP contribution in [0.25, 0.3) is 10.8 Å². The fourth-order valence-corrected chi connectivity index (χ4v) is 2.33. The van der Waals surface area contributed by atoms with E-state index in [-0.39, 0.29) is 17.1 Å². The van der Waals surface area contributed by atoms with Crippen molar-refractivity contribution in [2.45, 2.75) is 27.7 Å². The molecule has 9 nitrogen and oxygen atoms in total. The molecule has 2 rings (SSSR count). The van der Waals surface area contributed by atoms with Crippen LogP contribution >= 0.6 is 0 Å². The maximum absolute atomic E-state index is 11.4. The van der Waals surface area contributed by atoms with Gasteiger partial charge in [0.05, 0.1) is 0 Å². The Morgan fingerprint density at radius 3 is 1.90 bits per heavy atom. The number of fused-ring (bicyclic) bond motifs is 1. The monoisotopic (exact) mass is 397 g/mol. The first-order valence-corrected chi connectivity index (χ1v) is 8.51. The minimum atomic E-state index is -0.687. The average molecular weight is 397 g/mol. The van der Waals surface area contributed by atoms with Crippen molar-refractivity contribution in [3.05, 3.63) is 48.0 Å². The largest absolute Gasteiger partial charge is 0.332 e. The van der Waals surface area contributed by atoms with Gasteiger partial charge in [-0.05, 0) is 17.7 Å². The molecule has 0 spiro atoms. The van der Waals surface area contributed by atoms with Crippen molar-refractivity contribution < 1.29 is 28.9 Å². The van der Waals surface area contributed by atoms with E-state index in [1.165, 1.54) is 27.7 Å². The zero-order valence-corrected chi connectivity index (χ0v) is 16.3. The molecule has 0 heterocycles. The van der Waals surface area contributed by atoms with Crippen LogP contribution in [-0.4, -0.2) is 35.0 Å². The fourth-order valence-electron chi connectivity index (χ4n) is 2.33. The van der Waals surface area contributed by atoms with Crippen molar-refractivity contribution in [2.24, 2.45) is 15.5 Å². The van der Waals surface area contributed by atoms with E-state index in [0.717, 1.165) is 10.8 Å². The zero-order valence-electron chi connectivity index (χ0n) is 16.3. The van der Waals surface area contributed by atoms with Crippen molar-refractivity contribution in [1.29, 1.82) is 0 Å². The molecular weight excluding hydrogens is 378 g/mol. The first-order chi connectivity index (χ1) is 13.8. The summed E-state index contributed by atoms with van der Waals surface area (Å²) in [6.45, 7) is 5.01. The predicted octanol–water partition coefficient (Wildman–Crippen LogP) is 2.97. The molecular formula is C20H19N3O6. The molecule has 0 amide bonds. The van der Waals surface area contributed by atoms with Gasteiger partial charge in [0.1, 0.15) is 11.4 Å². The van der Waals surface area contributed by atoms with E-state index >= 15 is 0 Å². The lowest BCUT2D eigenvalue weighted by atomic mass is 9.97. The van der Waals surface area contributed by atoms with Crippen molar-refractivity contribution in [1.82, 2.24) is 0 Å². The van der Waals surface area contributed by atoms with Crippen molar-refractivity contribution in [2.75, 3.05) is 0 Å². The molecule has 29 heavy (non-hydrogen) atoms. The highest BCUT2D eigenvalue weighted by Gasteiger charge is 2.21. The molecule has 0 N–H and O–H groups in total. The number of carbonyl (C=O) groups is 3. The smallest absolute Gasteiger partial charge is 0.318 e. The number of hydrogen-bond acceptors (Lipinski definition) is 9. The fraction of sp³-hybridized carbons (Fsp3) is 0.200. The van der Waals surface area contributed by atoms with Crippen LogP contribution in [0.5, 0.6) is 0 Å². The van der Waals surface area contributed by atoms with Crippen LogP contribution in [0, 0.1) is 0 Å². The van der Waals surface area contributed by atoms with E-state index in [2.05, 4.69) is 20.3 Å². The van der Waals surface area contributed by atoms with Crippen LogP contribution in [0.15, 0.2) is 57.9 Å². The highest BCUT2D eigenvalue weighted by atomic mass is 16.7. The number of nitrogens with zero attached hydrogens (tertiary/aromatic N) is 3. The van der Waals surface area contributed by atoms with E-state index in [4.69, 9.17) is 9.68 Å². The van der Waals surface area contributed by atoms with Gasteiger partial charge in [0.25, 0.3) is 0 Å². The summed E-state index contributed by atoms with van der Waals surface area (Å²) >= 11 is 0. The normalized spacial score (nSPS) is 12.5. The number of hydrogen-bond donors (Lipinski definition) is 0. The maximum Gasteiger partial charge on any atom is 0.332 e. The first-order valence-electron chi connectivity index (χ1n) is 8.51. The maximum atomic E-state index is 11.4. The Morgan fingerprint density at radius 2 is 1.24 bits per heavy atom. The van der Waals surface area contributed by atoms with Gasteiger partial charge in [-0.1, -0.05) is 57.9 Å². The SMILES string of the molecule is CC(=O)O/N=C(C)/C(=N\OC(C)=O)C(=N/OC(C)=O)/c1cccc2ccccc12. The van der Waals surface area contributed by atoms with Crippen molar-refractivity contribution >= 4 is 45.8 Å². The van der Waals surface area contributed by atoms with Gasteiger partial charge in [-0.3, -0.25) is 0 Å². The minimum absolute atomic E-state index is 0.0564. The van der Waals surface area contributed by atoms with Gasteiger partial charge in [-0.15, -0.1) is 0 Å². The molecule has 0 radical (unpaired) electrons. The molecule has 150 valence electrons. The highest BCUT2D eigenvalue weighted by Crippen LogP contribution is 2.20. The Balaban J connectivity index is 2.71. The predicted molar refractivity (Wildman–Crippen MR) is 106 cm³/mol. The Labute approximate surface area is 166 Å². The lowest BCUT2D eigenvalue weighted by Crippen LogP contribution is -2.25. The standard InChI is InChI=1S/C20H19N3O6/c1-12(21-27-13(2)24)19(22-28-14(3)25)20(23-29-15(4)26)18-11-7-9-16-8-5-6-10-17(16)18/h5-11H,1-4H3/b21-12+,22-19+,23-20+. The summed E-state index contributed by atoms with van der Waals surface area (Å²) in [6.07, 6.45) is 0. The Hall–Kier alpha value is -3.88. The van der Waals surface area contributed by atoms with Crippen LogP contribution < -0.4 is 0 Å². The number of rotatable bonds is 6. The summed E-state index contributed by atoms with van der Waals surface area (Å²) in [6, 6.07) is 12.8. The molecule has 9 heteroatoms. The second kappa shape index (κ2) is 9.88. The van der Waals surface area contributed by atoms with E-state index in [9.17, 15) is 14.4 Å². The summed E-state index contributed by atoms with van der Waals surface area (Å²) in [7, 11) is 0. The van der Waals surface area contributed by atoms with Gasteiger partial charge in [0.15, 0.2) is 5.71 Å². The molecule has 0 aliphatic rings. The molecule has 0 saturated heterocycles. The van der Waals surface area contributed by atoms with Gasteiger partial charge in [0.2, 0.25) is 0 Å². The van der Waals surface area contributed by atoms with Gasteiger partial charge >= 0.3 is 17.9 Å². The summed E-state index contributed by atoms with van der Waals surface area (Å²) in [5.74, 6) is -2.00. The van der Waals surface area contributed by atoms with Gasteiger partial charge < -0.3 is 14.5 Å².